The van der Waals surface area contributed by atoms with Crippen LogP contribution in [0.1, 0.15) is 13.8 Å². The van der Waals surface area contributed by atoms with Crippen molar-refractivity contribution in [3.05, 3.63) is 35.3 Å². The summed E-state index contributed by atoms with van der Waals surface area (Å²) in [5.41, 5.74) is 0.185. The summed E-state index contributed by atoms with van der Waals surface area (Å²) in [6.45, 7) is 3.05. The van der Waals surface area contributed by atoms with E-state index in [9.17, 15) is 14.4 Å². The number of esters is 2. The standard InChI is InChI=1S/C14H17NO5/c1-5-19-14(18)12(9(2)16)7-11-6-10(8-15(3)4)13(17)20-11/h6-8H,5H2,1-4H3/b10-8-,12-7?. The minimum Gasteiger partial charge on any atom is -0.462 e. The highest BCUT2D eigenvalue weighted by Crippen LogP contribution is 2.20. The van der Waals surface area contributed by atoms with Crippen LogP contribution in [0.3, 0.4) is 0 Å². The van der Waals surface area contributed by atoms with Gasteiger partial charge in [-0.15, -0.1) is 0 Å². The first-order valence-electron chi connectivity index (χ1n) is 6.07. The van der Waals surface area contributed by atoms with Crippen LogP contribution in [-0.2, 0) is 23.9 Å². The summed E-state index contributed by atoms with van der Waals surface area (Å²) in [5.74, 6) is -1.58. The number of Topliss-reactive ketones (excluding diaryl/α,β-unsaturated/α-hetero) is 1. The molecule has 0 atom stereocenters. The van der Waals surface area contributed by atoms with E-state index in [1.807, 2.05) is 0 Å². The molecule has 0 unspecified atom stereocenters. The number of hydrogen-bond donors (Lipinski definition) is 0. The lowest BCUT2D eigenvalue weighted by Gasteiger charge is -2.04. The molecule has 0 fully saturated rings. The smallest absolute Gasteiger partial charge is 0.345 e. The maximum absolute atomic E-state index is 11.6. The third-order valence-electron chi connectivity index (χ3n) is 2.30. The number of rotatable bonds is 5. The second kappa shape index (κ2) is 6.70. The predicted octanol–water partition coefficient (Wildman–Crippen LogP) is 0.951. The van der Waals surface area contributed by atoms with Crippen LogP contribution in [-0.4, -0.2) is 43.3 Å². The molecule has 0 N–H and O–H groups in total. The van der Waals surface area contributed by atoms with E-state index < -0.39 is 17.7 Å². The normalized spacial score (nSPS) is 16.8. The summed E-state index contributed by atoms with van der Waals surface area (Å²) < 4.78 is 9.75. The van der Waals surface area contributed by atoms with E-state index in [-0.39, 0.29) is 17.9 Å². The number of ether oxygens (including phenoxy) is 2. The second-order valence-electron chi connectivity index (χ2n) is 4.32. The highest BCUT2D eigenvalue weighted by molar-refractivity contribution is 6.16. The van der Waals surface area contributed by atoms with Crippen LogP contribution in [0.4, 0.5) is 0 Å². The van der Waals surface area contributed by atoms with Gasteiger partial charge in [0.05, 0.1) is 12.2 Å². The monoisotopic (exact) mass is 279 g/mol. The first kappa shape index (κ1) is 15.7. The molecule has 0 amide bonds. The van der Waals surface area contributed by atoms with Crippen LogP contribution >= 0.6 is 0 Å². The molecular formula is C14H17NO5. The van der Waals surface area contributed by atoms with Crippen LogP contribution in [0.2, 0.25) is 0 Å². The number of hydrogen-bond acceptors (Lipinski definition) is 6. The Balaban J connectivity index is 3.05. The Kier molecular flexibility index (Phi) is 5.25. The lowest BCUT2D eigenvalue weighted by Crippen LogP contribution is -2.14. The maximum Gasteiger partial charge on any atom is 0.345 e. The van der Waals surface area contributed by atoms with E-state index in [1.54, 1.807) is 32.1 Å². The molecule has 108 valence electrons. The molecule has 1 aliphatic rings. The number of carbonyl (C=O) groups excluding carboxylic acids is 3. The fraction of sp³-hybridized carbons (Fsp3) is 0.357. The molecule has 1 heterocycles. The lowest BCUT2D eigenvalue weighted by atomic mass is 10.1. The fourth-order valence-corrected chi connectivity index (χ4v) is 1.50. The summed E-state index contributed by atoms with van der Waals surface area (Å²) in [6.07, 6.45) is 4.26. The van der Waals surface area contributed by atoms with Crippen molar-refractivity contribution in [3.8, 4) is 0 Å². The maximum atomic E-state index is 11.6. The van der Waals surface area contributed by atoms with Crippen molar-refractivity contribution in [2.75, 3.05) is 20.7 Å². The van der Waals surface area contributed by atoms with Crippen LogP contribution in [0.5, 0.6) is 0 Å². The van der Waals surface area contributed by atoms with E-state index in [0.29, 0.717) is 5.57 Å². The topological polar surface area (TPSA) is 72.9 Å². The van der Waals surface area contributed by atoms with Gasteiger partial charge in [0, 0.05) is 20.3 Å². The quantitative estimate of drug-likeness (QED) is 0.323. The SMILES string of the molecule is CCOC(=O)C(=CC1=C/C(=C/N(C)C)C(=O)O1)C(C)=O. The average Bonchev–Trinajstić information content (AvgIpc) is 2.66. The van der Waals surface area contributed by atoms with Crippen LogP contribution < -0.4 is 0 Å². The highest BCUT2D eigenvalue weighted by Gasteiger charge is 2.23. The zero-order chi connectivity index (χ0) is 15.3. The minimum absolute atomic E-state index is 0.140. The Morgan fingerprint density at radius 1 is 1.40 bits per heavy atom. The molecule has 0 aromatic rings. The molecule has 0 aliphatic carbocycles. The molecule has 0 aromatic heterocycles. The zero-order valence-electron chi connectivity index (χ0n) is 11.9. The molecule has 1 aliphatic heterocycles. The van der Waals surface area contributed by atoms with Crippen molar-refractivity contribution in [1.29, 1.82) is 0 Å². The zero-order valence-corrected chi connectivity index (χ0v) is 11.9. The lowest BCUT2D eigenvalue weighted by molar-refractivity contribution is -0.140. The molecule has 0 spiro atoms. The van der Waals surface area contributed by atoms with Gasteiger partial charge in [0.2, 0.25) is 0 Å². The van der Waals surface area contributed by atoms with Crippen molar-refractivity contribution >= 4 is 17.7 Å². The number of nitrogens with zero attached hydrogens (tertiary/aromatic N) is 1. The number of carbonyl (C=O) groups is 3. The second-order valence-corrected chi connectivity index (χ2v) is 4.32. The van der Waals surface area contributed by atoms with Crippen molar-refractivity contribution in [2.45, 2.75) is 13.8 Å². The van der Waals surface area contributed by atoms with E-state index in [4.69, 9.17) is 9.47 Å². The Hall–Kier alpha value is -2.37. The number of ketones is 1. The first-order valence-corrected chi connectivity index (χ1v) is 6.07. The van der Waals surface area contributed by atoms with Gasteiger partial charge in [0.15, 0.2) is 5.78 Å². The molecule has 0 saturated carbocycles. The summed E-state index contributed by atoms with van der Waals surface area (Å²) in [7, 11) is 3.53. The van der Waals surface area contributed by atoms with Crippen LogP contribution in [0.15, 0.2) is 35.3 Å². The first-order chi connectivity index (χ1) is 9.35. The molecule has 1 rings (SSSR count). The largest absolute Gasteiger partial charge is 0.462 e. The van der Waals surface area contributed by atoms with Gasteiger partial charge in [-0.25, -0.2) is 9.59 Å². The van der Waals surface area contributed by atoms with Gasteiger partial charge < -0.3 is 14.4 Å². The van der Waals surface area contributed by atoms with Gasteiger partial charge in [0.25, 0.3) is 0 Å². The molecule has 6 nitrogen and oxygen atoms in total. The summed E-state index contributed by atoms with van der Waals surface area (Å²) in [4.78, 5) is 36.3. The fourth-order valence-electron chi connectivity index (χ4n) is 1.50. The van der Waals surface area contributed by atoms with Gasteiger partial charge in [-0.1, -0.05) is 0 Å². The summed E-state index contributed by atoms with van der Waals surface area (Å²) >= 11 is 0. The van der Waals surface area contributed by atoms with E-state index in [2.05, 4.69) is 0 Å². The molecule has 0 aromatic carbocycles. The number of cyclic esters (lactones) is 1. The van der Waals surface area contributed by atoms with E-state index in [0.717, 1.165) is 0 Å². The Morgan fingerprint density at radius 3 is 2.55 bits per heavy atom. The van der Waals surface area contributed by atoms with E-state index >= 15 is 0 Å². The minimum atomic E-state index is -0.734. The third-order valence-corrected chi connectivity index (χ3v) is 2.30. The van der Waals surface area contributed by atoms with E-state index in [1.165, 1.54) is 19.1 Å². The van der Waals surface area contributed by atoms with Gasteiger partial charge in [-0.3, -0.25) is 4.79 Å². The number of allylic oxidation sites excluding steroid dienone is 1. The molecule has 6 heteroatoms. The molecule has 0 radical (unpaired) electrons. The van der Waals surface area contributed by atoms with Gasteiger partial charge in [0.1, 0.15) is 11.3 Å². The van der Waals surface area contributed by atoms with Crippen molar-refractivity contribution in [1.82, 2.24) is 4.90 Å². The Labute approximate surface area is 117 Å². The molecular weight excluding hydrogens is 262 g/mol. The van der Waals surface area contributed by atoms with Gasteiger partial charge in [-0.05, 0) is 26.0 Å². The third kappa shape index (κ3) is 4.08. The predicted molar refractivity (Wildman–Crippen MR) is 71.3 cm³/mol. The molecule has 20 heavy (non-hydrogen) atoms. The summed E-state index contributed by atoms with van der Waals surface area (Å²) in [5, 5.41) is 0. The van der Waals surface area contributed by atoms with Crippen LogP contribution in [0.25, 0.3) is 0 Å². The Bertz CT molecular complexity index is 526. The van der Waals surface area contributed by atoms with Gasteiger partial charge >= 0.3 is 11.9 Å². The Morgan fingerprint density at radius 2 is 2.05 bits per heavy atom. The van der Waals surface area contributed by atoms with Crippen molar-refractivity contribution in [2.24, 2.45) is 0 Å². The van der Waals surface area contributed by atoms with Gasteiger partial charge in [-0.2, -0.15) is 0 Å². The molecule has 0 saturated heterocycles. The summed E-state index contributed by atoms with van der Waals surface area (Å²) in [6, 6.07) is 0. The highest BCUT2D eigenvalue weighted by atomic mass is 16.5. The average molecular weight is 279 g/mol. The molecule has 0 bridgehead atoms. The van der Waals surface area contributed by atoms with Crippen molar-refractivity contribution in [3.63, 3.8) is 0 Å². The van der Waals surface area contributed by atoms with Crippen LogP contribution in [0, 0.1) is 0 Å². The van der Waals surface area contributed by atoms with Crippen molar-refractivity contribution < 1.29 is 23.9 Å².